The molecule has 0 bridgehead atoms. The molecule has 0 spiro atoms. The summed E-state index contributed by atoms with van der Waals surface area (Å²) in [6, 6.07) is 0. The van der Waals surface area contributed by atoms with Crippen molar-refractivity contribution >= 4 is 0 Å². The van der Waals surface area contributed by atoms with Gasteiger partial charge >= 0.3 is 0 Å². The summed E-state index contributed by atoms with van der Waals surface area (Å²) in [5.41, 5.74) is 0. The van der Waals surface area contributed by atoms with E-state index in [2.05, 4.69) is 0 Å². The maximum absolute atomic E-state index is 10.9. The average Bonchev–Trinajstić information content (AvgIpc) is 3.07. The second kappa shape index (κ2) is 16.9. The number of aliphatic hydroxyl groups is 12. The number of hydrogen-bond acceptors (Lipinski definition) is 21. The van der Waals surface area contributed by atoms with Crippen molar-refractivity contribution in [2.24, 2.45) is 0 Å². The molecule has 8 unspecified atom stereocenters. The Morgan fingerprint density at radius 1 is 0.362 bits per heavy atom. The molecule has 276 valence electrons. The first kappa shape index (κ1) is 39.0. The lowest BCUT2D eigenvalue weighted by Crippen LogP contribution is -2.67. The van der Waals surface area contributed by atoms with Crippen LogP contribution in [-0.4, -0.2) is 225 Å². The molecule has 47 heavy (non-hydrogen) atoms. The third kappa shape index (κ3) is 7.90. The highest BCUT2D eigenvalue weighted by molar-refractivity contribution is 4.98. The number of hydrogen-bond donors (Lipinski definition) is 12. The van der Waals surface area contributed by atoms with Gasteiger partial charge in [0.1, 0.15) is 97.7 Å². The molecule has 21 nitrogen and oxygen atoms in total. The summed E-state index contributed by atoms with van der Waals surface area (Å²) in [6.07, 6.45) is -32.5. The molecule has 0 aromatic rings. The van der Waals surface area contributed by atoms with E-state index in [9.17, 15) is 61.3 Å². The Balaban J connectivity index is 1.43. The minimum absolute atomic E-state index is 0.642. The Morgan fingerprint density at radius 3 is 0.894 bits per heavy atom. The Bertz CT molecular complexity index is 942. The molecule has 4 aliphatic rings. The van der Waals surface area contributed by atoms with Crippen LogP contribution in [0.25, 0.3) is 0 Å². The van der Waals surface area contributed by atoms with E-state index in [0.717, 1.165) is 0 Å². The maximum Gasteiger partial charge on any atom is 0.187 e. The fourth-order valence-corrected chi connectivity index (χ4v) is 6.00. The van der Waals surface area contributed by atoms with Crippen molar-refractivity contribution in [1.29, 1.82) is 0 Å². The molecule has 0 aromatic heterocycles. The normalized spacial score (nSPS) is 51.2. The van der Waals surface area contributed by atoms with Gasteiger partial charge in [0.15, 0.2) is 25.2 Å². The van der Waals surface area contributed by atoms with Gasteiger partial charge in [0.05, 0.1) is 26.4 Å². The summed E-state index contributed by atoms with van der Waals surface area (Å²) in [5, 5.41) is 125. The lowest BCUT2D eigenvalue weighted by molar-refractivity contribution is -0.388. The summed E-state index contributed by atoms with van der Waals surface area (Å²) < 4.78 is 48.7. The molecule has 0 aliphatic carbocycles. The van der Waals surface area contributed by atoms with E-state index >= 15 is 0 Å². The van der Waals surface area contributed by atoms with E-state index in [1.54, 1.807) is 0 Å². The van der Waals surface area contributed by atoms with Crippen LogP contribution >= 0.6 is 0 Å². The standard InChI is InChI=1S/C26H46O21/c1-39-19-7(3-27)42-24(16(36)11(19)31)46-21-9(5-29)44-26(18(38)13(21)33)47-22-10(6-30)43-25(17(37)14(22)34)45-20-8(4-28)41-23(40-2)15(35)12(20)32/h7-38H,3-6H2,1-2H3/t7?,8?,9?,10?,11-,12-,13-,14-,15?,16?,17?,18?,19+,20+,21+,22+,23-,24+,25+,26+/m1/s1. The highest BCUT2D eigenvalue weighted by Crippen LogP contribution is 2.34. The van der Waals surface area contributed by atoms with Crippen molar-refractivity contribution in [2.75, 3.05) is 40.6 Å². The molecule has 4 saturated heterocycles. The Hall–Kier alpha value is -0.840. The smallest absolute Gasteiger partial charge is 0.187 e. The maximum atomic E-state index is 10.9. The molecule has 20 atom stereocenters. The van der Waals surface area contributed by atoms with E-state index in [1.165, 1.54) is 14.2 Å². The summed E-state index contributed by atoms with van der Waals surface area (Å²) in [6.45, 7) is -3.09. The first-order valence-corrected chi connectivity index (χ1v) is 14.9. The third-order valence-corrected chi connectivity index (χ3v) is 8.66. The molecule has 12 N–H and O–H groups in total. The van der Waals surface area contributed by atoms with E-state index in [4.69, 9.17) is 42.6 Å². The van der Waals surface area contributed by atoms with Crippen LogP contribution in [0, 0.1) is 0 Å². The van der Waals surface area contributed by atoms with Crippen LogP contribution in [0.5, 0.6) is 0 Å². The van der Waals surface area contributed by atoms with Gasteiger partial charge in [0, 0.05) is 14.2 Å². The van der Waals surface area contributed by atoms with E-state index in [-0.39, 0.29) is 0 Å². The van der Waals surface area contributed by atoms with Gasteiger partial charge < -0.3 is 104 Å². The van der Waals surface area contributed by atoms with E-state index in [0.29, 0.717) is 0 Å². The van der Waals surface area contributed by atoms with Crippen molar-refractivity contribution in [3.8, 4) is 0 Å². The molecule has 4 aliphatic heterocycles. The van der Waals surface area contributed by atoms with E-state index < -0.39 is 149 Å². The molecule has 4 heterocycles. The molecule has 21 heteroatoms. The van der Waals surface area contributed by atoms with E-state index in [1.807, 2.05) is 0 Å². The van der Waals surface area contributed by atoms with Gasteiger partial charge in [-0.1, -0.05) is 0 Å². The van der Waals surface area contributed by atoms with Gasteiger partial charge in [-0.15, -0.1) is 0 Å². The van der Waals surface area contributed by atoms with Crippen LogP contribution < -0.4 is 0 Å². The monoisotopic (exact) mass is 694 g/mol. The van der Waals surface area contributed by atoms with Gasteiger partial charge in [-0.05, 0) is 0 Å². The molecular formula is C26H46O21. The molecule has 4 fully saturated rings. The van der Waals surface area contributed by atoms with Crippen molar-refractivity contribution in [3.05, 3.63) is 0 Å². The largest absolute Gasteiger partial charge is 0.394 e. The summed E-state index contributed by atoms with van der Waals surface area (Å²) in [4.78, 5) is 0. The van der Waals surface area contributed by atoms with Gasteiger partial charge in [-0.3, -0.25) is 0 Å². The zero-order valence-corrected chi connectivity index (χ0v) is 25.4. The highest BCUT2D eigenvalue weighted by atomic mass is 16.8. The first-order chi connectivity index (χ1) is 22.4. The first-order valence-electron chi connectivity index (χ1n) is 14.9. The quantitative estimate of drug-likeness (QED) is 0.0902. The Labute approximate surface area is 267 Å². The predicted molar refractivity (Wildman–Crippen MR) is 143 cm³/mol. The van der Waals surface area contributed by atoms with Crippen LogP contribution in [0.4, 0.5) is 0 Å². The van der Waals surface area contributed by atoms with Gasteiger partial charge in [-0.25, -0.2) is 0 Å². The van der Waals surface area contributed by atoms with Crippen LogP contribution in [-0.2, 0) is 42.6 Å². The zero-order chi connectivity index (χ0) is 34.7. The van der Waals surface area contributed by atoms with Crippen molar-refractivity contribution in [1.82, 2.24) is 0 Å². The Morgan fingerprint density at radius 2 is 0.617 bits per heavy atom. The van der Waals surface area contributed by atoms with Crippen molar-refractivity contribution in [2.45, 2.75) is 123 Å². The topological polar surface area (TPSA) is 326 Å². The van der Waals surface area contributed by atoms with Gasteiger partial charge in [0.2, 0.25) is 0 Å². The van der Waals surface area contributed by atoms with Gasteiger partial charge in [0.25, 0.3) is 0 Å². The summed E-state index contributed by atoms with van der Waals surface area (Å²) in [7, 11) is 2.41. The van der Waals surface area contributed by atoms with Crippen LogP contribution in [0.15, 0.2) is 0 Å². The average molecular weight is 695 g/mol. The lowest BCUT2D eigenvalue weighted by Gasteiger charge is -2.49. The number of methoxy groups -OCH3 is 2. The fraction of sp³-hybridized carbons (Fsp3) is 1.00. The third-order valence-electron chi connectivity index (χ3n) is 8.66. The fourth-order valence-electron chi connectivity index (χ4n) is 6.00. The minimum atomic E-state index is -1.98. The second-order valence-electron chi connectivity index (χ2n) is 11.6. The van der Waals surface area contributed by atoms with Crippen molar-refractivity contribution < 1.29 is 104 Å². The summed E-state index contributed by atoms with van der Waals surface area (Å²) in [5.74, 6) is 0. The number of rotatable bonds is 12. The Kier molecular flexibility index (Phi) is 14.0. The summed E-state index contributed by atoms with van der Waals surface area (Å²) >= 11 is 0. The van der Waals surface area contributed by atoms with Crippen molar-refractivity contribution in [3.63, 3.8) is 0 Å². The SMILES string of the molecule is CO[C@@H]1OC(CO)[C@H](O[C@@H]2OC(CO)[C@H](O[C@@H]3OC(CO)[C@H](O[C@@H]4OC(CO)[C@H](OC)[C@H](O)C4O)[C@H](O)C3O)[C@H](O)C2O)[C@H](O)C1O. The zero-order valence-electron chi connectivity index (χ0n) is 25.4. The number of ether oxygens (including phenoxy) is 9. The minimum Gasteiger partial charge on any atom is -0.394 e. The van der Waals surface area contributed by atoms with Crippen LogP contribution in [0.3, 0.4) is 0 Å². The molecule has 4 rings (SSSR count). The number of aliphatic hydroxyl groups excluding tert-OH is 12. The molecular weight excluding hydrogens is 648 g/mol. The second-order valence-corrected chi connectivity index (χ2v) is 11.6. The predicted octanol–water partition coefficient (Wildman–Crippen LogP) is -8.44. The highest BCUT2D eigenvalue weighted by Gasteiger charge is 2.55. The van der Waals surface area contributed by atoms with Crippen LogP contribution in [0.2, 0.25) is 0 Å². The molecule has 0 aromatic carbocycles. The molecule has 0 radical (unpaired) electrons. The van der Waals surface area contributed by atoms with Crippen LogP contribution in [0.1, 0.15) is 0 Å². The van der Waals surface area contributed by atoms with Gasteiger partial charge in [-0.2, -0.15) is 0 Å². The lowest BCUT2D eigenvalue weighted by atomic mass is 9.95. The molecule has 0 amide bonds. The molecule has 0 saturated carbocycles.